The van der Waals surface area contributed by atoms with E-state index >= 15 is 0 Å². The maximum absolute atomic E-state index is 12.1. The molecule has 9 nitrogen and oxygen atoms in total. The summed E-state index contributed by atoms with van der Waals surface area (Å²) in [5.41, 5.74) is 6.31. The molecule has 6 rings (SSSR count). The van der Waals surface area contributed by atoms with Crippen LogP contribution < -0.4 is 25.0 Å². The molecule has 2 aliphatic rings. The molecule has 2 aromatic carbocycles. The molecule has 2 N–H and O–H groups in total. The van der Waals surface area contributed by atoms with E-state index in [2.05, 4.69) is 45.0 Å². The minimum absolute atomic E-state index is 0.0645. The number of methoxy groups -OCH3 is 1. The summed E-state index contributed by atoms with van der Waals surface area (Å²) in [5, 5.41) is 7.21. The molecule has 2 aliphatic heterocycles. The van der Waals surface area contributed by atoms with Crippen LogP contribution in [0.1, 0.15) is 34.7 Å². The lowest BCUT2D eigenvalue weighted by atomic mass is 9.96. The van der Waals surface area contributed by atoms with Crippen LogP contribution in [0.2, 0.25) is 5.02 Å². The number of hydrogen-bond acceptors (Lipinski definition) is 6. The molecule has 2 atom stereocenters. The fraction of sp³-hybridized carbons (Fsp3) is 0.233. The summed E-state index contributed by atoms with van der Waals surface area (Å²) in [5.74, 6) is 1.17. The van der Waals surface area contributed by atoms with Gasteiger partial charge in [-0.05, 0) is 80.2 Å². The van der Waals surface area contributed by atoms with E-state index in [1.807, 2.05) is 48.5 Å². The third-order valence-corrected chi connectivity index (χ3v) is 7.91. The average Bonchev–Trinajstić information content (AvgIpc) is 3.65. The molecule has 11 heteroatoms. The summed E-state index contributed by atoms with van der Waals surface area (Å²) in [6.45, 7) is 4.33. The number of aryl methyl sites for hydroxylation is 1. The maximum Gasteiger partial charge on any atom is 0.250 e. The molecule has 0 radical (unpaired) electrons. The van der Waals surface area contributed by atoms with Crippen molar-refractivity contribution < 1.29 is 19.0 Å². The summed E-state index contributed by atoms with van der Waals surface area (Å²) in [6, 6.07) is 19.0. The zero-order chi connectivity index (χ0) is 28.7. The Labute approximate surface area is 248 Å². The first-order chi connectivity index (χ1) is 19.9. The Morgan fingerprint density at radius 2 is 1.93 bits per heavy atom. The van der Waals surface area contributed by atoms with Crippen LogP contribution in [0.5, 0.6) is 11.5 Å². The van der Waals surface area contributed by atoms with Crippen molar-refractivity contribution >= 4 is 46.2 Å². The van der Waals surface area contributed by atoms with Gasteiger partial charge in [-0.2, -0.15) is 0 Å². The predicted molar refractivity (Wildman–Crippen MR) is 161 cm³/mol. The third-order valence-electron chi connectivity index (χ3n) is 7.28. The second kappa shape index (κ2) is 11.0. The minimum Gasteiger partial charge on any atom is -0.454 e. The van der Waals surface area contributed by atoms with Gasteiger partial charge in [0.15, 0.2) is 16.6 Å². The number of nitrogens with zero attached hydrogens (tertiary/aromatic N) is 3. The van der Waals surface area contributed by atoms with Gasteiger partial charge in [-0.25, -0.2) is 0 Å². The van der Waals surface area contributed by atoms with Crippen LogP contribution in [-0.2, 0) is 9.53 Å². The highest BCUT2D eigenvalue weighted by Crippen LogP contribution is 2.45. The van der Waals surface area contributed by atoms with Crippen LogP contribution in [0.15, 0.2) is 66.9 Å². The summed E-state index contributed by atoms with van der Waals surface area (Å²) in [4.78, 5) is 18.8. The normalized spacial score (nSPS) is 17.6. The number of ether oxygens (including phenoxy) is 3. The molecular formula is C30H28ClN5O4S. The molecule has 0 aliphatic carbocycles. The molecule has 0 spiro atoms. The number of benzene rings is 2. The van der Waals surface area contributed by atoms with Crippen LogP contribution in [0.4, 0.5) is 11.4 Å². The number of nitrogens with one attached hydrogen (secondary N) is 2. The summed E-state index contributed by atoms with van der Waals surface area (Å²) >= 11 is 12.6. The van der Waals surface area contributed by atoms with Crippen molar-refractivity contribution in [2.24, 2.45) is 0 Å². The predicted octanol–water partition coefficient (Wildman–Crippen LogP) is 5.63. The van der Waals surface area contributed by atoms with Gasteiger partial charge in [0.25, 0.3) is 0 Å². The molecule has 41 heavy (non-hydrogen) atoms. The number of aromatic nitrogens is 2. The van der Waals surface area contributed by atoms with Crippen molar-refractivity contribution in [3.8, 4) is 17.2 Å². The maximum atomic E-state index is 12.1. The van der Waals surface area contributed by atoms with Gasteiger partial charge in [-0.3, -0.25) is 9.78 Å². The lowest BCUT2D eigenvalue weighted by molar-refractivity contribution is -0.119. The fourth-order valence-corrected chi connectivity index (χ4v) is 6.10. The van der Waals surface area contributed by atoms with E-state index in [1.165, 1.54) is 7.11 Å². The first-order valence-electron chi connectivity index (χ1n) is 13.0. The van der Waals surface area contributed by atoms with Crippen LogP contribution in [-0.4, -0.2) is 41.1 Å². The van der Waals surface area contributed by atoms with Gasteiger partial charge in [-0.1, -0.05) is 17.7 Å². The smallest absolute Gasteiger partial charge is 0.250 e. The van der Waals surface area contributed by atoms with Crippen molar-refractivity contribution in [2.75, 3.05) is 30.7 Å². The van der Waals surface area contributed by atoms with E-state index in [0.717, 1.165) is 45.5 Å². The molecule has 210 valence electrons. The second-order valence-electron chi connectivity index (χ2n) is 9.84. The van der Waals surface area contributed by atoms with E-state index in [4.69, 9.17) is 38.0 Å². The Bertz CT molecular complexity index is 1640. The lowest BCUT2D eigenvalue weighted by Gasteiger charge is -2.28. The van der Waals surface area contributed by atoms with E-state index in [0.29, 0.717) is 15.8 Å². The molecular weight excluding hydrogens is 562 g/mol. The summed E-state index contributed by atoms with van der Waals surface area (Å²) in [7, 11) is 1.47. The number of thiocarbonyl (C=S) groups is 1. The van der Waals surface area contributed by atoms with Crippen LogP contribution in [0.3, 0.4) is 0 Å². The van der Waals surface area contributed by atoms with Crippen molar-refractivity contribution in [3.05, 3.63) is 94.5 Å². The summed E-state index contributed by atoms with van der Waals surface area (Å²) < 4.78 is 18.3. The van der Waals surface area contributed by atoms with Gasteiger partial charge in [-0.15, -0.1) is 0 Å². The van der Waals surface area contributed by atoms with Crippen LogP contribution in [0.25, 0.3) is 5.69 Å². The molecule has 0 saturated carbocycles. The van der Waals surface area contributed by atoms with Gasteiger partial charge in [0, 0.05) is 42.1 Å². The topological polar surface area (TPSA) is 89.9 Å². The highest BCUT2D eigenvalue weighted by atomic mass is 35.5. The van der Waals surface area contributed by atoms with Crippen molar-refractivity contribution in [1.82, 2.24) is 14.9 Å². The number of carbonyl (C=O) groups is 1. The number of rotatable bonds is 7. The van der Waals surface area contributed by atoms with Gasteiger partial charge in [0.1, 0.15) is 6.61 Å². The molecule has 1 amide bonds. The first-order valence-corrected chi connectivity index (χ1v) is 13.8. The highest BCUT2D eigenvalue weighted by molar-refractivity contribution is 7.80. The molecule has 1 fully saturated rings. The van der Waals surface area contributed by atoms with Crippen molar-refractivity contribution in [2.45, 2.75) is 25.9 Å². The Kier molecular flexibility index (Phi) is 7.29. The van der Waals surface area contributed by atoms with Gasteiger partial charge >= 0.3 is 0 Å². The number of carbonyl (C=O) groups excluding carboxylic acids is 1. The SMILES string of the molecule is COCC(=O)Nc1ccc(N2C(=S)NC(c3ccccn3)C2c2cc(C)n(-c3ccc4c(c3)OCO4)c2C)cc1Cl. The Morgan fingerprint density at radius 1 is 1.12 bits per heavy atom. The van der Waals surface area contributed by atoms with E-state index in [1.54, 1.807) is 12.3 Å². The number of anilines is 2. The molecule has 2 aromatic heterocycles. The zero-order valence-electron chi connectivity index (χ0n) is 22.7. The Morgan fingerprint density at radius 3 is 2.68 bits per heavy atom. The standard InChI is InChI=1S/C30H28ClN5O4S/c1-17-12-21(18(2)35(17)20-8-10-25-26(14-20)40-16-39-25)29-28(24-6-4-5-11-32-24)34-30(41)36(29)19-7-9-23(22(31)13-19)33-27(37)15-38-3/h4-14,28-29H,15-16H2,1-3H3,(H,33,37)(H,34,41). The quantitative estimate of drug-likeness (QED) is 0.268. The number of fused-ring (bicyclic) bond motifs is 1. The molecule has 1 saturated heterocycles. The number of halogens is 1. The highest BCUT2D eigenvalue weighted by Gasteiger charge is 2.42. The first kappa shape index (κ1) is 27.1. The summed E-state index contributed by atoms with van der Waals surface area (Å²) in [6.07, 6.45) is 1.78. The van der Waals surface area contributed by atoms with E-state index in [9.17, 15) is 4.79 Å². The average molecular weight is 590 g/mol. The monoisotopic (exact) mass is 589 g/mol. The third kappa shape index (κ3) is 4.99. The van der Waals surface area contributed by atoms with Crippen LogP contribution >= 0.6 is 23.8 Å². The van der Waals surface area contributed by atoms with Crippen molar-refractivity contribution in [3.63, 3.8) is 0 Å². The largest absolute Gasteiger partial charge is 0.454 e. The Hall–Kier alpha value is -4.12. The number of pyridine rings is 1. The molecule has 4 heterocycles. The zero-order valence-corrected chi connectivity index (χ0v) is 24.3. The van der Waals surface area contributed by atoms with E-state index < -0.39 is 0 Å². The molecule has 0 bridgehead atoms. The van der Waals surface area contributed by atoms with E-state index in [-0.39, 0.29) is 31.4 Å². The fourth-order valence-electron chi connectivity index (χ4n) is 5.53. The molecule has 4 aromatic rings. The van der Waals surface area contributed by atoms with Crippen LogP contribution in [0, 0.1) is 13.8 Å². The van der Waals surface area contributed by atoms with Gasteiger partial charge < -0.3 is 34.3 Å². The molecule has 2 unspecified atom stereocenters. The number of hydrogen-bond donors (Lipinski definition) is 2. The second-order valence-corrected chi connectivity index (χ2v) is 10.6. The number of amides is 1. The van der Waals surface area contributed by atoms with Gasteiger partial charge in [0.05, 0.1) is 28.5 Å². The lowest BCUT2D eigenvalue weighted by Crippen LogP contribution is -2.29. The van der Waals surface area contributed by atoms with Crippen molar-refractivity contribution in [1.29, 1.82) is 0 Å². The van der Waals surface area contributed by atoms with Gasteiger partial charge in [0.2, 0.25) is 12.7 Å². The minimum atomic E-state index is -0.287. The Balaban J connectivity index is 1.44.